The Labute approximate surface area is 168 Å². The van der Waals surface area contributed by atoms with E-state index < -0.39 is 0 Å². The average Bonchev–Trinajstić information content (AvgIpc) is 3.25. The summed E-state index contributed by atoms with van der Waals surface area (Å²) < 4.78 is 0.842. The predicted octanol–water partition coefficient (Wildman–Crippen LogP) is 2.55. The Hall–Kier alpha value is -2.30. The minimum Gasteiger partial charge on any atom is -0.369 e. The Kier molecular flexibility index (Phi) is 6.54. The fourth-order valence-electron chi connectivity index (χ4n) is 2.17. The standard InChI is InChI=1S/C17H17N5O2S3/c1-10-12(7-13(18)23)26-17(20-10)25-9-14-21-22-16(27-14)15(24)19-8-11-5-3-2-4-6-11/h2-6H,7-9H2,1H3,(H2,18,23)(H,19,24). The smallest absolute Gasteiger partial charge is 0.282 e. The molecule has 0 bridgehead atoms. The number of nitrogens with two attached hydrogens (primary N) is 1. The van der Waals surface area contributed by atoms with Crippen molar-refractivity contribution in [2.45, 2.75) is 30.0 Å². The lowest BCUT2D eigenvalue weighted by atomic mass is 10.2. The molecule has 0 fully saturated rings. The van der Waals surface area contributed by atoms with Crippen LogP contribution in [0.2, 0.25) is 0 Å². The molecule has 27 heavy (non-hydrogen) atoms. The number of aryl methyl sites for hydroxylation is 1. The summed E-state index contributed by atoms with van der Waals surface area (Å²) in [5, 5.41) is 12.0. The second kappa shape index (κ2) is 9.07. The van der Waals surface area contributed by atoms with E-state index in [-0.39, 0.29) is 18.2 Å². The van der Waals surface area contributed by atoms with Gasteiger partial charge in [0.2, 0.25) is 10.9 Å². The first kappa shape index (κ1) is 19.5. The number of thioether (sulfide) groups is 1. The second-order valence-electron chi connectivity index (χ2n) is 5.59. The fraction of sp³-hybridized carbons (Fsp3) is 0.235. The minimum atomic E-state index is -0.367. The largest absolute Gasteiger partial charge is 0.369 e. The fourth-order valence-corrected chi connectivity index (χ4v) is 5.15. The first-order valence-electron chi connectivity index (χ1n) is 8.03. The number of benzene rings is 1. The second-order valence-corrected chi connectivity index (χ2v) is 8.96. The van der Waals surface area contributed by atoms with Gasteiger partial charge in [0.05, 0.1) is 17.9 Å². The molecular formula is C17H17N5O2S3. The number of carbonyl (C=O) groups is 2. The number of rotatable bonds is 8. The number of nitrogens with zero attached hydrogens (tertiary/aromatic N) is 3. The van der Waals surface area contributed by atoms with Crippen molar-refractivity contribution in [3.05, 3.63) is 56.5 Å². The molecule has 7 nitrogen and oxygen atoms in total. The van der Waals surface area contributed by atoms with Crippen molar-refractivity contribution in [1.29, 1.82) is 0 Å². The van der Waals surface area contributed by atoms with E-state index in [9.17, 15) is 9.59 Å². The van der Waals surface area contributed by atoms with Gasteiger partial charge in [-0.3, -0.25) is 9.59 Å². The highest BCUT2D eigenvalue weighted by molar-refractivity contribution is 8.00. The zero-order valence-corrected chi connectivity index (χ0v) is 16.9. The van der Waals surface area contributed by atoms with Gasteiger partial charge in [0.15, 0.2) is 4.34 Å². The Balaban J connectivity index is 1.53. The molecule has 0 unspecified atom stereocenters. The first-order valence-corrected chi connectivity index (χ1v) is 10.6. The molecule has 0 atom stereocenters. The molecule has 10 heteroatoms. The number of primary amides is 1. The number of carbonyl (C=O) groups excluding carboxylic acids is 2. The highest BCUT2D eigenvalue weighted by Crippen LogP contribution is 2.30. The molecule has 0 aliphatic heterocycles. The molecule has 0 spiro atoms. The summed E-state index contributed by atoms with van der Waals surface area (Å²) >= 11 is 4.22. The van der Waals surface area contributed by atoms with E-state index in [0.29, 0.717) is 17.3 Å². The minimum absolute atomic E-state index is 0.203. The van der Waals surface area contributed by atoms with Crippen LogP contribution in [-0.2, 0) is 23.5 Å². The van der Waals surface area contributed by atoms with Crippen LogP contribution in [0.4, 0.5) is 0 Å². The summed E-state index contributed by atoms with van der Waals surface area (Å²) in [6.45, 7) is 2.31. The van der Waals surface area contributed by atoms with Crippen molar-refractivity contribution in [2.75, 3.05) is 0 Å². The van der Waals surface area contributed by atoms with E-state index in [2.05, 4.69) is 20.5 Å². The van der Waals surface area contributed by atoms with Gasteiger partial charge in [-0.15, -0.1) is 21.5 Å². The van der Waals surface area contributed by atoms with Crippen LogP contribution in [-0.4, -0.2) is 27.0 Å². The molecule has 0 saturated heterocycles. The third-order valence-electron chi connectivity index (χ3n) is 3.48. The van der Waals surface area contributed by atoms with E-state index in [1.165, 1.54) is 34.4 Å². The summed E-state index contributed by atoms with van der Waals surface area (Å²) in [6, 6.07) is 9.69. The number of thiazole rings is 1. The molecule has 3 N–H and O–H groups in total. The molecule has 1 aromatic carbocycles. The van der Waals surface area contributed by atoms with Gasteiger partial charge in [0.25, 0.3) is 5.91 Å². The van der Waals surface area contributed by atoms with Crippen LogP contribution in [0.3, 0.4) is 0 Å². The number of nitrogens with one attached hydrogen (secondary N) is 1. The van der Waals surface area contributed by atoms with Gasteiger partial charge in [-0.05, 0) is 12.5 Å². The van der Waals surface area contributed by atoms with E-state index in [4.69, 9.17) is 5.73 Å². The monoisotopic (exact) mass is 419 g/mol. The third-order valence-corrected chi connectivity index (χ3v) is 6.90. The maximum atomic E-state index is 12.2. The quantitative estimate of drug-likeness (QED) is 0.543. The van der Waals surface area contributed by atoms with E-state index in [1.54, 1.807) is 0 Å². The van der Waals surface area contributed by atoms with Crippen molar-refractivity contribution in [1.82, 2.24) is 20.5 Å². The maximum Gasteiger partial charge on any atom is 0.282 e. The lowest BCUT2D eigenvalue weighted by Crippen LogP contribution is -2.22. The van der Waals surface area contributed by atoms with E-state index in [1.807, 2.05) is 37.3 Å². The molecule has 2 aromatic heterocycles. The summed E-state index contributed by atoms with van der Waals surface area (Å²) in [5.74, 6) is -0.0397. The van der Waals surface area contributed by atoms with Gasteiger partial charge in [-0.1, -0.05) is 53.4 Å². The maximum absolute atomic E-state index is 12.2. The predicted molar refractivity (Wildman–Crippen MR) is 107 cm³/mol. The Morgan fingerprint density at radius 3 is 2.70 bits per heavy atom. The zero-order chi connectivity index (χ0) is 19.2. The number of hydrogen-bond donors (Lipinski definition) is 2. The first-order chi connectivity index (χ1) is 13.0. The van der Waals surface area contributed by atoms with Crippen molar-refractivity contribution >= 4 is 46.2 Å². The summed E-state index contributed by atoms with van der Waals surface area (Å²) in [4.78, 5) is 28.6. The number of aromatic nitrogens is 3. The number of hydrogen-bond acceptors (Lipinski definition) is 8. The van der Waals surface area contributed by atoms with E-state index in [0.717, 1.165) is 25.5 Å². The molecule has 0 radical (unpaired) electrons. The number of amides is 2. The summed E-state index contributed by atoms with van der Waals surface area (Å²) in [6.07, 6.45) is 0.203. The highest BCUT2D eigenvalue weighted by Gasteiger charge is 2.15. The van der Waals surface area contributed by atoms with Crippen LogP contribution >= 0.6 is 34.4 Å². The van der Waals surface area contributed by atoms with Crippen LogP contribution < -0.4 is 11.1 Å². The molecule has 2 heterocycles. The van der Waals surface area contributed by atoms with Crippen LogP contribution in [0.15, 0.2) is 34.7 Å². The summed E-state index contributed by atoms with van der Waals surface area (Å²) in [7, 11) is 0. The van der Waals surface area contributed by atoms with Crippen LogP contribution in [0.25, 0.3) is 0 Å². The zero-order valence-electron chi connectivity index (χ0n) is 14.5. The van der Waals surface area contributed by atoms with Gasteiger partial charge in [0.1, 0.15) is 5.01 Å². The van der Waals surface area contributed by atoms with Gasteiger partial charge < -0.3 is 11.1 Å². The molecule has 3 rings (SSSR count). The SMILES string of the molecule is Cc1nc(SCc2nnc(C(=O)NCc3ccccc3)s2)sc1CC(N)=O. The molecule has 2 amide bonds. The highest BCUT2D eigenvalue weighted by atomic mass is 32.2. The molecular weight excluding hydrogens is 402 g/mol. The Morgan fingerprint density at radius 2 is 1.96 bits per heavy atom. The molecule has 0 saturated carbocycles. The van der Waals surface area contributed by atoms with Gasteiger partial charge in [-0.25, -0.2) is 4.98 Å². The molecule has 0 aliphatic carbocycles. The van der Waals surface area contributed by atoms with Crippen molar-refractivity contribution in [3.8, 4) is 0 Å². The van der Waals surface area contributed by atoms with Gasteiger partial charge >= 0.3 is 0 Å². The molecule has 0 aliphatic rings. The van der Waals surface area contributed by atoms with Crippen LogP contribution in [0.1, 0.15) is 30.9 Å². The van der Waals surface area contributed by atoms with Gasteiger partial charge in [-0.2, -0.15) is 0 Å². The molecule has 140 valence electrons. The Morgan fingerprint density at radius 1 is 1.19 bits per heavy atom. The summed E-state index contributed by atoms with van der Waals surface area (Å²) in [5.41, 5.74) is 7.08. The lowest BCUT2D eigenvalue weighted by Gasteiger charge is -2.01. The van der Waals surface area contributed by atoms with Gasteiger partial charge in [0, 0.05) is 11.4 Å². The van der Waals surface area contributed by atoms with Crippen LogP contribution in [0.5, 0.6) is 0 Å². The molecule has 3 aromatic rings. The average molecular weight is 420 g/mol. The van der Waals surface area contributed by atoms with Crippen molar-refractivity contribution in [3.63, 3.8) is 0 Å². The van der Waals surface area contributed by atoms with E-state index >= 15 is 0 Å². The Bertz CT molecular complexity index is 939. The van der Waals surface area contributed by atoms with Crippen LogP contribution in [0, 0.1) is 6.92 Å². The topological polar surface area (TPSA) is 111 Å². The van der Waals surface area contributed by atoms with Crippen molar-refractivity contribution in [2.24, 2.45) is 5.73 Å². The normalized spacial score (nSPS) is 10.7. The van der Waals surface area contributed by atoms with Crippen molar-refractivity contribution < 1.29 is 9.59 Å². The lowest BCUT2D eigenvalue weighted by molar-refractivity contribution is -0.117. The third kappa shape index (κ3) is 5.59.